The van der Waals surface area contributed by atoms with Gasteiger partial charge < -0.3 is 10.1 Å². The van der Waals surface area contributed by atoms with Gasteiger partial charge in [0.1, 0.15) is 6.10 Å². The van der Waals surface area contributed by atoms with E-state index in [2.05, 4.69) is 5.32 Å². The van der Waals surface area contributed by atoms with Crippen molar-refractivity contribution in [1.82, 2.24) is 5.32 Å². The van der Waals surface area contributed by atoms with Gasteiger partial charge in [-0.15, -0.1) is 0 Å². The second kappa shape index (κ2) is 8.83. The molecule has 3 aliphatic rings. The third-order valence-corrected chi connectivity index (χ3v) is 6.67. The van der Waals surface area contributed by atoms with Crippen LogP contribution in [0, 0.1) is 10.1 Å². The molecule has 0 amide bonds. The van der Waals surface area contributed by atoms with Gasteiger partial charge in [0.15, 0.2) is 5.78 Å². The van der Waals surface area contributed by atoms with Crippen molar-refractivity contribution in [2.24, 2.45) is 0 Å². The molecule has 1 aromatic rings. The molecule has 0 unspecified atom stereocenters. The van der Waals surface area contributed by atoms with Crippen molar-refractivity contribution in [3.63, 3.8) is 0 Å². The van der Waals surface area contributed by atoms with E-state index in [1.165, 1.54) is 18.2 Å². The molecular weight excluding hydrogens is 420 g/mol. The number of allylic oxidation sites excluding steroid dienone is 3. The van der Waals surface area contributed by atoms with Crippen molar-refractivity contribution < 1.29 is 19.2 Å². The average Bonchev–Trinajstić information content (AvgIpc) is 2.74. The third-order valence-electron chi connectivity index (χ3n) is 6.32. The molecule has 1 N–H and O–H groups in total. The quantitative estimate of drug-likeness (QED) is 0.394. The summed E-state index contributed by atoms with van der Waals surface area (Å²) in [6.45, 7) is 1.78. The highest BCUT2D eigenvalue weighted by Gasteiger charge is 2.41. The van der Waals surface area contributed by atoms with Gasteiger partial charge in [-0.2, -0.15) is 0 Å². The molecule has 4 rings (SSSR count). The van der Waals surface area contributed by atoms with Gasteiger partial charge in [-0.1, -0.05) is 18.0 Å². The number of benzene rings is 1. The summed E-state index contributed by atoms with van der Waals surface area (Å²) in [6.07, 6.45) is 6.41. The number of nitrogens with zero attached hydrogens (tertiary/aromatic N) is 1. The zero-order valence-corrected chi connectivity index (χ0v) is 18.2. The Morgan fingerprint density at radius 1 is 1.19 bits per heavy atom. The minimum Gasteiger partial charge on any atom is -0.459 e. The summed E-state index contributed by atoms with van der Waals surface area (Å²) in [4.78, 5) is 37.2. The van der Waals surface area contributed by atoms with Crippen LogP contribution in [0.25, 0.3) is 0 Å². The van der Waals surface area contributed by atoms with Crippen LogP contribution in [-0.4, -0.2) is 22.8 Å². The van der Waals surface area contributed by atoms with E-state index in [4.69, 9.17) is 16.3 Å². The molecule has 164 valence electrons. The Hall–Kier alpha value is -2.67. The summed E-state index contributed by atoms with van der Waals surface area (Å²) in [5.74, 6) is -1.35. The summed E-state index contributed by atoms with van der Waals surface area (Å²) in [5, 5.41) is 14.9. The molecule has 1 atom stereocenters. The maximum atomic E-state index is 13.3. The fourth-order valence-electron chi connectivity index (χ4n) is 4.83. The summed E-state index contributed by atoms with van der Waals surface area (Å²) in [7, 11) is 0. The Labute approximate surface area is 185 Å². The molecule has 1 saturated carbocycles. The lowest BCUT2D eigenvalue weighted by Gasteiger charge is -2.35. The molecule has 1 aromatic carbocycles. The number of non-ortho nitro benzene ring substituents is 1. The van der Waals surface area contributed by atoms with Crippen molar-refractivity contribution in [3.05, 3.63) is 61.4 Å². The first kappa shape index (κ1) is 21.6. The van der Waals surface area contributed by atoms with Crippen molar-refractivity contribution in [1.29, 1.82) is 0 Å². The molecular formula is C23H25ClN2O5. The van der Waals surface area contributed by atoms with Gasteiger partial charge >= 0.3 is 5.97 Å². The SMILES string of the molecule is CC1=C(C(=O)OC2CCCCC2)[C@H](c2cc([N+](=O)[O-])ccc2Cl)C2=C(CCCC2=O)N1. The summed E-state index contributed by atoms with van der Waals surface area (Å²) < 4.78 is 5.84. The van der Waals surface area contributed by atoms with E-state index < -0.39 is 16.8 Å². The lowest BCUT2D eigenvalue weighted by Crippen LogP contribution is -2.35. The first-order chi connectivity index (χ1) is 14.9. The monoisotopic (exact) mass is 444 g/mol. The van der Waals surface area contributed by atoms with Gasteiger partial charge in [0.2, 0.25) is 0 Å². The molecule has 0 bridgehead atoms. The van der Waals surface area contributed by atoms with E-state index in [0.717, 1.165) is 44.2 Å². The first-order valence-corrected chi connectivity index (χ1v) is 11.1. The molecule has 0 aromatic heterocycles. The standard InChI is InChI=1S/C23H25ClN2O5/c1-13-20(23(28)31-15-6-3-2-4-7-15)21(22-18(25-13)8-5-9-19(22)27)16-12-14(26(29)30)10-11-17(16)24/h10-12,15,21,25H,2-9H2,1H3/t21-/m0/s1. The lowest BCUT2D eigenvalue weighted by molar-refractivity contribution is -0.384. The predicted octanol–water partition coefficient (Wildman–Crippen LogP) is 5.09. The smallest absolute Gasteiger partial charge is 0.337 e. The Balaban J connectivity index is 1.81. The van der Waals surface area contributed by atoms with Gasteiger partial charge in [0.25, 0.3) is 5.69 Å². The van der Waals surface area contributed by atoms with E-state index in [9.17, 15) is 19.7 Å². The largest absolute Gasteiger partial charge is 0.459 e. The van der Waals surface area contributed by atoms with Crippen LogP contribution in [0.15, 0.2) is 40.7 Å². The first-order valence-electron chi connectivity index (χ1n) is 10.8. The number of dihydropyridines is 1. The molecule has 1 aliphatic heterocycles. The number of carbonyl (C=O) groups is 2. The van der Waals surface area contributed by atoms with Crippen LogP contribution < -0.4 is 5.32 Å². The number of Topliss-reactive ketones (excluding diaryl/α,β-unsaturated/α-hetero) is 1. The Kier molecular flexibility index (Phi) is 6.14. The maximum Gasteiger partial charge on any atom is 0.337 e. The van der Waals surface area contributed by atoms with Crippen molar-refractivity contribution in [3.8, 4) is 0 Å². The van der Waals surface area contributed by atoms with Gasteiger partial charge in [-0.25, -0.2) is 4.79 Å². The minimum absolute atomic E-state index is 0.0724. The third kappa shape index (κ3) is 4.24. The summed E-state index contributed by atoms with van der Waals surface area (Å²) >= 11 is 6.47. The summed E-state index contributed by atoms with van der Waals surface area (Å²) in [5.41, 5.74) is 2.38. The van der Waals surface area contributed by atoms with Crippen molar-refractivity contribution in [2.45, 2.75) is 70.3 Å². The number of carbonyl (C=O) groups excluding carboxylic acids is 2. The number of nitro benzene ring substituents is 1. The van der Waals surface area contributed by atoms with E-state index >= 15 is 0 Å². The normalized spacial score (nSPS) is 22.1. The Morgan fingerprint density at radius 3 is 2.65 bits per heavy atom. The molecule has 31 heavy (non-hydrogen) atoms. The molecule has 0 saturated heterocycles. The van der Waals surface area contributed by atoms with E-state index in [1.54, 1.807) is 6.92 Å². The molecule has 1 fully saturated rings. The second-order valence-electron chi connectivity index (χ2n) is 8.39. The topological polar surface area (TPSA) is 98.5 Å². The van der Waals surface area contributed by atoms with Crippen LogP contribution in [0.5, 0.6) is 0 Å². The van der Waals surface area contributed by atoms with Crippen LogP contribution in [0.2, 0.25) is 5.02 Å². The van der Waals surface area contributed by atoms with Crippen molar-refractivity contribution in [2.75, 3.05) is 0 Å². The van der Waals surface area contributed by atoms with Crippen LogP contribution in [0.3, 0.4) is 0 Å². The zero-order chi connectivity index (χ0) is 22.1. The molecule has 7 nitrogen and oxygen atoms in total. The highest BCUT2D eigenvalue weighted by Crippen LogP contribution is 2.45. The van der Waals surface area contributed by atoms with Gasteiger partial charge in [-0.05, 0) is 57.1 Å². The van der Waals surface area contributed by atoms with E-state index in [0.29, 0.717) is 35.2 Å². The number of hydrogen-bond acceptors (Lipinski definition) is 6. The van der Waals surface area contributed by atoms with E-state index in [1.807, 2.05) is 0 Å². The second-order valence-corrected chi connectivity index (χ2v) is 8.80. The van der Waals surface area contributed by atoms with Crippen LogP contribution >= 0.6 is 11.6 Å². The van der Waals surface area contributed by atoms with Gasteiger partial charge in [0, 0.05) is 46.5 Å². The van der Waals surface area contributed by atoms with Gasteiger partial charge in [-0.3, -0.25) is 14.9 Å². The minimum atomic E-state index is -0.785. The van der Waals surface area contributed by atoms with E-state index in [-0.39, 0.29) is 22.6 Å². The molecule has 2 aliphatic carbocycles. The number of ketones is 1. The Bertz CT molecular complexity index is 1010. The van der Waals surface area contributed by atoms with Crippen LogP contribution in [0.4, 0.5) is 5.69 Å². The lowest BCUT2D eigenvalue weighted by atomic mass is 9.75. The zero-order valence-electron chi connectivity index (χ0n) is 17.4. The molecule has 0 radical (unpaired) electrons. The Morgan fingerprint density at radius 2 is 1.94 bits per heavy atom. The molecule has 0 spiro atoms. The fourth-order valence-corrected chi connectivity index (χ4v) is 5.06. The summed E-state index contributed by atoms with van der Waals surface area (Å²) in [6, 6.07) is 4.14. The number of nitrogens with one attached hydrogen (secondary N) is 1. The highest BCUT2D eigenvalue weighted by atomic mass is 35.5. The fraction of sp³-hybridized carbons (Fsp3) is 0.478. The average molecular weight is 445 g/mol. The molecule has 8 heteroatoms. The number of halogens is 1. The number of ether oxygens (including phenoxy) is 1. The van der Waals surface area contributed by atoms with Crippen molar-refractivity contribution >= 4 is 29.0 Å². The number of rotatable bonds is 4. The number of esters is 1. The number of hydrogen-bond donors (Lipinski definition) is 1. The maximum absolute atomic E-state index is 13.3. The number of nitro groups is 1. The van der Waals surface area contributed by atoms with Crippen LogP contribution in [0.1, 0.15) is 69.8 Å². The highest BCUT2D eigenvalue weighted by molar-refractivity contribution is 6.31. The van der Waals surface area contributed by atoms with Crippen LogP contribution in [-0.2, 0) is 14.3 Å². The predicted molar refractivity (Wildman–Crippen MR) is 116 cm³/mol. The molecule has 1 heterocycles. The van der Waals surface area contributed by atoms with Gasteiger partial charge in [0.05, 0.1) is 10.5 Å².